The molecule has 0 radical (unpaired) electrons. The summed E-state index contributed by atoms with van der Waals surface area (Å²) in [5, 5.41) is 2.57. The number of rotatable bonds is 7. The first-order valence-corrected chi connectivity index (χ1v) is 8.06. The molecule has 0 spiro atoms. The fourth-order valence-electron chi connectivity index (χ4n) is 2.62. The summed E-state index contributed by atoms with van der Waals surface area (Å²) in [4.78, 5) is 18.6. The Kier molecular flexibility index (Phi) is 5.51. The van der Waals surface area contributed by atoms with E-state index in [4.69, 9.17) is 15.2 Å². The van der Waals surface area contributed by atoms with Crippen LogP contribution < -0.4 is 21.5 Å². The normalized spacial score (nSPS) is 14.7. The van der Waals surface area contributed by atoms with Crippen molar-refractivity contribution in [3.8, 4) is 0 Å². The standard InChI is InChI=1S/C16H18F3N5O3/c17-16(18,19)14(27-7-6-26-8-10-4-2-1-3-5-10)24-9-21-11-12(24)22-15(20)23-13(11)25/h1-5,14,21H,6-9H2,(H3,20,22,23,25). The monoisotopic (exact) mass is 385 g/mol. The molecular formula is C16H18F3N5O3. The molecule has 1 aliphatic rings. The van der Waals surface area contributed by atoms with E-state index in [0.29, 0.717) is 0 Å². The zero-order valence-electron chi connectivity index (χ0n) is 14.1. The molecule has 1 aliphatic heterocycles. The van der Waals surface area contributed by atoms with Crippen LogP contribution in [0.1, 0.15) is 5.56 Å². The molecule has 0 saturated heterocycles. The number of aromatic nitrogens is 2. The van der Waals surface area contributed by atoms with E-state index in [1.54, 1.807) is 0 Å². The molecule has 2 aromatic rings. The van der Waals surface area contributed by atoms with E-state index in [1.807, 2.05) is 30.3 Å². The van der Waals surface area contributed by atoms with Crippen LogP contribution in [0.5, 0.6) is 0 Å². The summed E-state index contributed by atoms with van der Waals surface area (Å²) in [5.74, 6) is -0.483. The molecule has 146 valence electrons. The van der Waals surface area contributed by atoms with Gasteiger partial charge in [0.2, 0.25) is 12.2 Å². The lowest BCUT2D eigenvalue weighted by Crippen LogP contribution is -2.48. The number of anilines is 3. The number of benzene rings is 1. The van der Waals surface area contributed by atoms with E-state index in [-0.39, 0.29) is 43.9 Å². The lowest BCUT2D eigenvalue weighted by Gasteiger charge is -2.30. The van der Waals surface area contributed by atoms with E-state index in [1.165, 1.54) is 0 Å². The molecule has 4 N–H and O–H groups in total. The summed E-state index contributed by atoms with van der Waals surface area (Å²) in [6.45, 7) is -0.339. The highest BCUT2D eigenvalue weighted by molar-refractivity contribution is 5.71. The molecular weight excluding hydrogens is 367 g/mol. The minimum absolute atomic E-state index is 0.0272. The van der Waals surface area contributed by atoms with E-state index in [9.17, 15) is 18.0 Å². The largest absolute Gasteiger partial charge is 0.433 e. The average Bonchev–Trinajstić information content (AvgIpc) is 3.01. The van der Waals surface area contributed by atoms with Crippen molar-refractivity contribution in [2.45, 2.75) is 19.0 Å². The number of ether oxygens (including phenoxy) is 2. The molecule has 0 fully saturated rings. The molecule has 27 heavy (non-hydrogen) atoms. The number of halogens is 3. The number of nitrogens with one attached hydrogen (secondary N) is 2. The molecule has 3 rings (SSSR count). The highest BCUT2D eigenvalue weighted by Gasteiger charge is 2.47. The maximum Gasteiger partial charge on any atom is 0.433 e. The highest BCUT2D eigenvalue weighted by Crippen LogP contribution is 2.34. The first kappa shape index (κ1) is 19.0. The van der Waals surface area contributed by atoms with Crippen molar-refractivity contribution >= 4 is 17.5 Å². The molecule has 0 amide bonds. The number of hydrogen-bond acceptors (Lipinski definition) is 7. The Balaban J connectivity index is 1.62. The molecule has 0 saturated carbocycles. The molecule has 1 unspecified atom stereocenters. The van der Waals surface area contributed by atoms with Crippen LogP contribution in [-0.4, -0.2) is 42.3 Å². The fourth-order valence-corrected chi connectivity index (χ4v) is 2.62. The quantitative estimate of drug-likeness (QED) is 0.623. The van der Waals surface area contributed by atoms with E-state index < -0.39 is 18.0 Å². The number of nitrogens with zero attached hydrogens (tertiary/aromatic N) is 2. The van der Waals surface area contributed by atoms with Crippen LogP contribution in [0, 0.1) is 0 Å². The number of nitrogens with two attached hydrogens (primary N) is 1. The Morgan fingerprint density at radius 1 is 1.26 bits per heavy atom. The maximum atomic E-state index is 13.5. The molecule has 1 aromatic heterocycles. The minimum atomic E-state index is -4.71. The number of fused-ring (bicyclic) bond motifs is 1. The van der Waals surface area contributed by atoms with E-state index >= 15 is 0 Å². The van der Waals surface area contributed by atoms with Gasteiger partial charge in [0.25, 0.3) is 5.56 Å². The Hall–Kier alpha value is -2.79. The summed E-state index contributed by atoms with van der Waals surface area (Å²) >= 11 is 0. The zero-order valence-corrected chi connectivity index (χ0v) is 14.1. The second-order valence-electron chi connectivity index (χ2n) is 5.76. The summed E-state index contributed by atoms with van der Waals surface area (Å²) < 4.78 is 50.7. The van der Waals surface area contributed by atoms with E-state index in [2.05, 4.69) is 15.3 Å². The Bertz CT molecular complexity index is 828. The van der Waals surface area contributed by atoms with Crippen molar-refractivity contribution in [1.29, 1.82) is 0 Å². The Labute approximate surface area is 152 Å². The van der Waals surface area contributed by atoms with Gasteiger partial charge in [-0.1, -0.05) is 30.3 Å². The van der Waals surface area contributed by atoms with E-state index in [0.717, 1.165) is 10.5 Å². The fraction of sp³-hybridized carbons (Fsp3) is 0.375. The molecule has 1 aromatic carbocycles. The highest BCUT2D eigenvalue weighted by atomic mass is 19.4. The van der Waals surface area contributed by atoms with Gasteiger partial charge in [-0.25, -0.2) is 0 Å². The molecule has 0 bridgehead atoms. The molecule has 0 aliphatic carbocycles. The third-order valence-electron chi connectivity index (χ3n) is 3.79. The summed E-state index contributed by atoms with van der Waals surface area (Å²) in [5.41, 5.74) is 5.61. The van der Waals surface area contributed by atoms with Gasteiger partial charge < -0.3 is 25.4 Å². The summed E-state index contributed by atoms with van der Waals surface area (Å²) in [7, 11) is 0. The third kappa shape index (κ3) is 4.49. The van der Waals surface area contributed by atoms with Crippen molar-refractivity contribution in [3.05, 3.63) is 46.2 Å². The zero-order chi connectivity index (χ0) is 19.4. The van der Waals surface area contributed by atoms with Crippen molar-refractivity contribution in [1.82, 2.24) is 9.97 Å². The SMILES string of the molecule is Nc1nc2c(c(=O)[nH]1)NCN2C(OCCOCc1ccccc1)C(F)(F)F. The predicted octanol–water partition coefficient (Wildman–Crippen LogP) is 1.66. The first-order valence-electron chi connectivity index (χ1n) is 8.06. The van der Waals surface area contributed by atoms with Crippen LogP contribution in [0.2, 0.25) is 0 Å². The van der Waals surface area contributed by atoms with Gasteiger partial charge in [0.1, 0.15) is 5.69 Å². The maximum absolute atomic E-state index is 13.5. The topological polar surface area (TPSA) is 106 Å². The molecule has 8 nitrogen and oxygen atoms in total. The first-order chi connectivity index (χ1) is 12.9. The van der Waals surface area contributed by atoms with Gasteiger partial charge in [0, 0.05) is 0 Å². The van der Waals surface area contributed by atoms with Crippen LogP contribution in [-0.2, 0) is 16.1 Å². The third-order valence-corrected chi connectivity index (χ3v) is 3.79. The van der Waals surface area contributed by atoms with Crippen molar-refractivity contribution in [2.24, 2.45) is 0 Å². The van der Waals surface area contributed by atoms with Gasteiger partial charge in [-0.05, 0) is 5.56 Å². The van der Waals surface area contributed by atoms with Crippen LogP contribution >= 0.6 is 0 Å². The van der Waals surface area contributed by atoms with Crippen molar-refractivity contribution in [2.75, 3.05) is 35.8 Å². The second kappa shape index (κ2) is 7.84. The minimum Gasteiger partial charge on any atom is -0.374 e. The smallest absolute Gasteiger partial charge is 0.374 e. The Morgan fingerprint density at radius 2 is 2.00 bits per heavy atom. The average molecular weight is 385 g/mol. The molecule has 2 heterocycles. The number of nitrogen functional groups attached to an aromatic ring is 1. The predicted molar refractivity (Wildman–Crippen MR) is 92.1 cm³/mol. The molecule has 11 heteroatoms. The number of hydrogen-bond donors (Lipinski definition) is 3. The van der Waals surface area contributed by atoms with Crippen LogP contribution in [0.15, 0.2) is 35.1 Å². The summed E-state index contributed by atoms with van der Waals surface area (Å²) in [6, 6.07) is 9.23. The van der Waals surface area contributed by atoms with Crippen LogP contribution in [0.3, 0.4) is 0 Å². The number of H-pyrrole nitrogens is 1. The lowest BCUT2D eigenvalue weighted by molar-refractivity contribution is -0.222. The van der Waals surface area contributed by atoms with Crippen molar-refractivity contribution in [3.63, 3.8) is 0 Å². The van der Waals surface area contributed by atoms with Gasteiger partial charge in [-0.15, -0.1) is 0 Å². The van der Waals surface area contributed by atoms with Crippen LogP contribution in [0.4, 0.5) is 30.6 Å². The molecule has 1 atom stereocenters. The number of aromatic amines is 1. The summed E-state index contributed by atoms with van der Waals surface area (Å²) in [6.07, 6.45) is -7.00. The van der Waals surface area contributed by atoms with Gasteiger partial charge in [-0.3, -0.25) is 9.78 Å². The van der Waals surface area contributed by atoms with Gasteiger partial charge in [0.15, 0.2) is 5.82 Å². The Morgan fingerprint density at radius 3 is 2.70 bits per heavy atom. The van der Waals surface area contributed by atoms with Gasteiger partial charge >= 0.3 is 6.18 Å². The van der Waals surface area contributed by atoms with Crippen LogP contribution in [0.25, 0.3) is 0 Å². The lowest BCUT2D eigenvalue weighted by atomic mass is 10.2. The van der Waals surface area contributed by atoms with Crippen molar-refractivity contribution < 1.29 is 22.6 Å². The van der Waals surface area contributed by atoms with Gasteiger partial charge in [-0.2, -0.15) is 18.2 Å². The number of alkyl halides is 3. The second-order valence-corrected chi connectivity index (χ2v) is 5.76. The van der Waals surface area contributed by atoms with Gasteiger partial charge in [0.05, 0.1) is 26.5 Å².